The lowest BCUT2D eigenvalue weighted by Crippen LogP contribution is -2.43. The van der Waals surface area contributed by atoms with E-state index in [2.05, 4.69) is 35.4 Å². The zero-order valence-electron chi connectivity index (χ0n) is 12.1. The average molecular weight is 273 g/mol. The number of nitrogens with two attached hydrogens (primary N) is 1. The highest BCUT2D eigenvalue weighted by Gasteiger charge is 2.33. The van der Waals surface area contributed by atoms with Gasteiger partial charge < -0.3 is 15.8 Å². The largest absolute Gasteiger partial charge is 0.380 e. The van der Waals surface area contributed by atoms with Crippen LogP contribution in [0.25, 0.3) is 0 Å². The van der Waals surface area contributed by atoms with E-state index in [0.717, 1.165) is 31.9 Å². The number of rotatable bonds is 3. The van der Waals surface area contributed by atoms with E-state index in [1.807, 2.05) is 0 Å². The number of hydrogen-bond acceptors (Lipinski definition) is 2. The van der Waals surface area contributed by atoms with E-state index in [9.17, 15) is 0 Å². The maximum Gasteiger partial charge on any atom is 0.193 e. The Morgan fingerprint density at radius 1 is 1.35 bits per heavy atom. The van der Waals surface area contributed by atoms with Gasteiger partial charge in [0.1, 0.15) is 0 Å². The third-order valence-corrected chi connectivity index (χ3v) is 4.19. The molecule has 108 valence electrons. The predicted molar refractivity (Wildman–Crippen MR) is 82.1 cm³/mol. The standard InChI is InChI=1S/C16H23N3O/c1-16(10-20-11-16)9-18-15(17)19-14-8-4-6-12-5-2-3-7-13(12)14/h4,6,8H,2-3,5,7,9-11H2,1H3,(H3,17,18,19). The van der Waals surface area contributed by atoms with Crippen molar-refractivity contribution in [3.05, 3.63) is 29.3 Å². The zero-order chi connectivity index (χ0) is 14.0. The van der Waals surface area contributed by atoms with E-state index in [0.29, 0.717) is 5.96 Å². The van der Waals surface area contributed by atoms with Gasteiger partial charge in [0.2, 0.25) is 0 Å². The topological polar surface area (TPSA) is 59.6 Å². The molecule has 1 heterocycles. The van der Waals surface area contributed by atoms with Crippen molar-refractivity contribution in [2.24, 2.45) is 16.1 Å². The molecule has 2 aliphatic rings. The van der Waals surface area contributed by atoms with Crippen molar-refractivity contribution in [1.29, 1.82) is 0 Å². The molecule has 1 aliphatic heterocycles. The first-order valence-corrected chi connectivity index (χ1v) is 7.42. The van der Waals surface area contributed by atoms with Crippen molar-refractivity contribution >= 4 is 11.6 Å². The summed E-state index contributed by atoms with van der Waals surface area (Å²) in [6, 6.07) is 6.42. The molecule has 0 amide bonds. The Morgan fingerprint density at radius 3 is 2.90 bits per heavy atom. The molecular weight excluding hydrogens is 250 g/mol. The summed E-state index contributed by atoms with van der Waals surface area (Å²) < 4.78 is 5.23. The van der Waals surface area contributed by atoms with Gasteiger partial charge in [-0.2, -0.15) is 0 Å². The van der Waals surface area contributed by atoms with E-state index in [1.54, 1.807) is 0 Å². The van der Waals surface area contributed by atoms with Gasteiger partial charge in [-0.1, -0.05) is 19.1 Å². The lowest BCUT2D eigenvalue weighted by atomic mass is 9.89. The Balaban J connectivity index is 1.69. The molecule has 1 aliphatic carbocycles. The molecule has 1 aromatic rings. The van der Waals surface area contributed by atoms with Crippen LogP contribution in [0, 0.1) is 5.41 Å². The van der Waals surface area contributed by atoms with Crippen molar-refractivity contribution in [1.82, 2.24) is 0 Å². The second kappa shape index (κ2) is 5.44. The highest BCUT2D eigenvalue weighted by Crippen LogP contribution is 2.28. The Bertz CT molecular complexity index is 520. The molecule has 3 N–H and O–H groups in total. The van der Waals surface area contributed by atoms with Gasteiger partial charge in [-0.3, -0.25) is 4.99 Å². The van der Waals surface area contributed by atoms with E-state index in [-0.39, 0.29) is 5.41 Å². The smallest absolute Gasteiger partial charge is 0.193 e. The minimum Gasteiger partial charge on any atom is -0.380 e. The number of ether oxygens (including phenoxy) is 1. The van der Waals surface area contributed by atoms with Crippen molar-refractivity contribution in [2.75, 3.05) is 25.1 Å². The number of nitrogens with one attached hydrogen (secondary N) is 1. The molecule has 4 heteroatoms. The number of aryl methyl sites for hydroxylation is 1. The summed E-state index contributed by atoms with van der Waals surface area (Å²) >= 11 is 0. The van der Waals surface area contributed by atoms with E-state index in [4.69, 9.17) is 10.5 Å². The van der Waals surface area contributed by atoms with Gasteiger partial charge in [0.25, 0.3) is 0 Å². The van der Waals surface area contributed by atoms with Crippen LogP contribution in [-0.4, -0.2) is 25.7 Å². The average Bonchev–Trinajstić information content (AvgIpc) is 2.43. The van der Waals surface area contributed by atoms with Crippen molar-refractivity contribution < 1.29 is 4.74 Å². The fourth-order valence-electron chi connectivity index (χ4n) is 2.89. The van der Waals surface area contributed by atoms with Gasteiger partial charge >= 0.3 is 0 Å². The minimum absolute atomic E-state index is 0.169. The normalized spacial score (nSPS) is 20.9. The summed E-state index contributed by atoms with van der Waals surface area (Å²) in [6.07, 6.45) is 4.87. The second-order valence-corrected chi connectivity index (χ2v) is 6.28. The van der Waals surface area contributed by atoms with Crippen molar-refractivity contribution in [3.63, 3.8) is 0 Å². The van der Waals surface area contributed by atoms with Crippen molar-refractivity contribution in [2.45, 2.75) is 32.6 Å². The summed E-state index contributed by atoms with van der Waals surface area (Å²) in [5, 5.41) is 3.28. The summed E-state index contributed by atoms with van der Waals surface area (Å²) in [5.74, 6) is 0.511. The Labute approximate surface area is 120 Å². The lowest BCUT2D eigenvalue weighted by Gasteiger charge is -2.36. The molecule has 3 rings (SSSR count). The molecule has 0 saturated carbocycles. The van der Waals surface area contributed by atoms with Gasteiger partial charge in [-0.25, -0.2) is 0 Å². The van der Waals surface area contributed by atoms with Crippen LogP contribution in [0.4, 0.5) is 5.69 Å². The lowest BCUT2D eigenvalue weighted by molar-refractivity contribution is -0.0944. The summed E-state index contributed by atoms with van der Waals surface area (Å²) in [5.41, 5.74) is 10.2. The molecule has 0 unspecified atom stereocenters. The molecule has 0 spiro atoms. The van der Waals surface area contributed by atoms with Gasteiger partial charge in [0.05, 0.1) is 19.8 Å². The van der Waals surface area contributed by atoms with E-state index >= 15 is 0 Å². The number of anilines is 1. The van der Waals surface area contributed by atoms with Crippen LogP contribution < -0.4 is 11.1 Å². The predicted octanol–water partition coefficient (Wildman–Crippen LogP) is 2.33. The van der Waals surface area contributed by atoms with Crippen molar-refractivity contribution in [3.8, 4) is 0 Å². The maximum atomic E-state index is 6.02. The number of benzene rings is 1. The first-order valence-electron chi connectivity index (χ1n) is 7.42. The third-order valence-electron chi connectivity index (χ3n) is 4.19. The zero-order valence-corrected chi connectivity index (χ0v) is 12.1. The number of hydrogen-bond donors (Lipinski definition) is 2. The van der Waals surface area contributed by atoms with Crippen LogP contribution in [0.3, 0.4) is 0 Å². The first-order chi connectivity index (χ1) is 9.66. The molecule has 20 heavy (non-hydrogen) atoms. The summed E-state index contributed by atoms with van der Waals surface area (Å²) in [7, 11) is 0. The number of guanidine groups is 1. The number of aliphatic imine (C=N–C) groups is 1. The Hall–Kier alpha value is -1.55. The van der Waals surface area contributed by atoms with Crippen LogP contribution >= 0.6 is 0 Å². The second-order valence-electron chi connectivity index (χ2n) is 6.28. The van der Waals surface area contributed by atoms with Gasteiger partial charge in [-0.15, -0.1) is 0 Å². The quantitative estimate of drug-likeness (QED) is 0.656. The van der Waals surface area contributed by atoms with Gasteiger partial charge in [0, 0.05) is 11.1 Å². The molecule has 1 aromatic carbocycles. The summed E-state index contributed by atoms with van der Waals surface area (Å²) in [4.78, 5) is 4.47. The molecular formula is C16H23N3O. The van der Waals surface area contributed by atoms with Crippen LogP contribution in [0.5, 0.6) is 0 Å². The first kappa shape index (κ1) is 13.4. The molecule has 0 radical (unpaired) electrons. The Kier molecular flexibility index (Phi) is 3.66. The number of nitrogens with zero attached hydrogens (tertiary/aromatic N) is 1. The fourth-order valence-corrected chi connectivity index (χ4v) is 2.89. The highest BCUT2D eigenvalue weighted by molar-refractivity contribution is 5.93. The Morgan fingerprint density at radius 2 is 2.15 bits per heavy atom. The van der Waals surface area contributed by atoms with E-state index in [1.165, 1.54) is 30.4 Å². The van der Waals surface area contributed by atoms with Crippen LogP contribution in [0.1, 0.15) is 30.9 Å². The van der Waals surface area contributed by atoms with Crippen LogP contribution in [0.2, 0.25) is 0 Å². The molecule has 0 bridgehead atoms. The van der Waals surface area contributed by atoms with Gasteiger partial charge in [0.15, 0.2) is 5.96 Å². The SMILES string of the molecule is CC1(CN=C(N)Nc2cccc3c2CCCC3)COC1. The maximum absolute atomic E-state index is 6.02. The van der Waals surface area contributed by atoms with E-state index < -0.39 is 0 Å². The highest BCUT2D eigenvalue weighted by atomic mass is 16.5. The van der Waals surface area contributed by atoms with Crippen LogP contribution in [0.15, 0.2) is 23.2 Å². The monoisotopic (exact) mass is 273 g/mol. The molecule has 0 atom stereocenters. The fraction of sp³-hybridized carbons (Fsp3) is 0.562. The van der Waals surface area contributed by atoms with Gasteiger partial charge in [-0.05, 0) is 42.9 Å². The molecule has 4 nitrogen and oxygen atoms in total. The molecule has 1 saturated heterocycles. The molecule has 1 fully saturated rings. The minimum atomic E-state index is 0.169. The third kappa shape index (κ3) is 2.80. The number of fused-ring (bicyclic) bond motifs is 1. The summed E-state index contributed by atoms with van der Waals surface area (Å²) in [6.45, 7) is 4.47. The molecule has 0 aromatic heterocycles. The van der Waals surface area contributed by atoms with Crippen LogP contribution in [-0.2, 0) is 17.6 Å².